The molecule has 0 fully saturated rings. The van der Waals surface area contributed by atoms with Crippen LogP contribution in [0.1, 0.15) is 12.5 Å². The quantitative estimate of drug-likeness (QED) is 0.822. The Bertz CT molecular complexity index is 448. The average molecular weight is 250 g/mol. The number of anilines is 1. The molecule has 1 aliphatic heterocycles. The number of rotatable bonds is 4. The van der Waals surface area contributed by atoms with Crippen LogP contribution in [0.4, 0.5) is 5.69 Å². The van der Waals surface area contributed by atoms with E-state index in [0.29, 0.717) is 6.73 Å². The lowest BCUT2D eigenvalue weighted by Gasteiger charge is -2.24. The second-order valence-corrected chi connectivity index (χ2v) is 4.51. The van der Waals surface area contributed by atoms with Crippen LogP contribution in [0.25, 0.3) is 0 Å². The number of methoxy groups -OCH3 is 1. The van der Waals surface area contributed by atoms with Crippen molar-refractivity contribution in [2.75, 3.05) is 26.2 Å². The van der Waals surface area contributed by atoms with Gasteiger partial charge in [0.15, 0.2) is 6.10 Å². The number of hydrogen-bond acceptors (Lipinski definition) is 4. The topological polar surface area (TPSA) is 50.8 Å². The predicted molar refractivity (Wildman–Crippen MR) is 68.5 cm³/mol. The van der Waals surface area contributed by atoms with Crippen molar-refractivity contribution in [3.05, 3.63) is 23.8 Å². The van der Waals surface area contributed by atoms with Crippen molar-refractivity contribution in [2.45, 2.75) is 19.6 Å². The molecule has 1 N–H and O–H groups in total. The highest BCUT2D eigenvalue weighted by atomic mass is 16.5. The molecule has 0 aliphatic carbocycles. The van der Waals surface area contributed by atoms with Gasteiger partial charge < -0.3 is 14.8 Å². The zero-order valence-corrected chi connectivity index (χ0v) is 10.9. The summed E-state index contributed by atoms with van der Waals surface area (Å²) in [7, 11) is 3.64. The summed E-state index contributed by atoms with van der Waals surface area (Å²) >= 11 is 0. The Morgan fingerprint density at radius 1 is 1.50 bits per heavy atom. The average Bonchev–Trinajstić information content (AvgIpc) is 2.31. The minimum Gasteiger partial charge on any atom is -0.479 e. The molecule has 1 aliphatic rings. The summed E-state index contributed by atoms with van der Waals surface area (Å²) in [5, 5.41) is 2.84. The first-order valence-electron chi connectivity index (χ1n) is 5.88. The fourth-order valence-corrected chi connectivity index (χ4v) is 1.93. The molecule has 1 aromatic rings. The normalized spacial score (nSPS) is 18.2. The number of nitrogens with zero attached hydrogens (tertiary/aromatic N) is 1. The summed E-state index contributed by atoms with van der Waals surface area (Å²) in [5.74, 6) is 0.616. The van der Waals surface area contributed by atoms with Gasteiger partial charge in [-0.05, 0) is 31.7 Å². The molecule has 98 valence electrons. The number of hydrogen-bond donors (Lipinski definition) is 1. The second kappa shape index (κ2) is 5.37. The van der Waals surface area contributed by atoms with Gasteiger partial charge in [0, 0.05) is 13.7 Å². The van der Waals surface area contributed by atoms with Gasteiger partial charge in [0.05, 0.1) is 12.4 Å². The van der Waals surface area contributed by atoms with Gasteiger partial charge in [-0.25, -0.2) is 0 Å². The molecule has 0 radical (unpaired) electrons. The van der Waals surface area contributed by atoms with Crippen LogP contribution in [-0.4, -0.2) is 37.8 Å². The number of benzene rings is 1. The van der Waals surface area contributed by atoms with E-state index in [1.165, 1.54) is 0 Å². The summed E-state index contributed by atoms with van der Waals surface area (Å²) < 4.78 is 10.6. The summed E-state index contributed by atoms with van der Waals surface area (Å²) in [5.41, 5.74) is 1.84. The van der Waals surface area contributed by atoms with Crippen molar-refractivity contribution < 1.29 is 14.3 Å². The van der Waals surface area contributed by atoms with Crippen LogP contribution in [0.2, 0.25) is 0 Å². The molecule has 0 aromatic heterocycles. The van der Waals surface area contributed by atoms with E-state index in [4.69, 9.17) is 9.47 Å². The number of fused-ring (bicyclic) bond motifs is 1. The Kier molecular flexibility index (Phi) is 3.84. The maximum Gasteiger partial charge on any atom is 0.265 e. The molecule has 1 aromatic carbocycles. The van der Waals surface area contributed by atoms with E-state index >= 15 is 0 Å². The molecule has 0 spiro atoms. The molecule has 1 heterocycles. The molecule has 5 heteroatoms. The maximum atomic E-state index is 11.5. The molecule has 1 atom stereocenters. The Balaban J connectivity index is 2.12. The first kappa shape index (κ1) is 12.9. The zero-order valence-electron chi connectivity index (χ0n) is 10.9. The molecule has 0 saturated carbocycles. The van der Waals surface area contributed by atoms with E-state index in [1.54, 1.807) is 14.0 Å². The number of carbonyl (C=O) groups excluding carboxylic acids is 1. The predicted octanol–water partition coefficient (Wildman–Crippen LogP) is 1.44. The molecule has 1 unspecified atom stereocenters. The number of ether oxygens (including phenoxy) is 2. The van der Waals surface area contributed by atoms with E-state index in [0.717, 1.165) is 23.5 Å². The Morgan fingerprint density at radius 2 is 2.28 bits per heavy atom. The van der Waals surface area contributed by atoms with Crippen molar-refractivity contribution >= 4 is 11.6 Å². The van der Waals surface area contributed by atoms with E-state index in [1.807, 2.05) is 30.1 Å². The summed E-state index contributed by atoms with van der Waals surface area (Å²) in [6.45, 7) is 3.06. The van der Waals surface area contributed by atoms with Crippen LogP contribution in [0.5, 0.6) is 5.75 Å². The number of nitrogens with one attached hydrogen (secondary N) is 1. The minimum absolute atomic E-state index is 0.107. The Hall–Kier alpha value is -1.59. The second-order valence-electron chi connectivity index (χ2n) is 4.51. The Morgan fingerprint density at radius 3 is 3.00 bits per heavy atom. The highest BCUT2D eigenvalue weighted by molar-refractivity contribution is 5.97. The first-order valence-corrected chi connectivity index (χ1v) is 5.88. The van der Waals surface area contributed by atoms with Crippen LogP contribution < -0.4 is 10.1 Å². The lowest BCUT2D eigenvalue weighted by Crippen LogP contribution is -2.34. The molecular weight excluding hydrogens is 232 g/mol. The van der Waals surface area contributed by atoms with Crippen LogP contribution in [0, 0.1) is 0 Å². The van der Waals surface area contributed by atoms with Crippen LogP contribution >= 0.6 is 0 Å². The molecule has 2 rings (SSSR count). The summed E-state index contributed by atoms with van der Waals surface area (Å²) in [6, 6.07) is 5.82. The molecule has 0 saturated heterocycles. The SMILES string of the molecule is COCN(C)Cc1ccc2c(c1)NC(=O)C(C)O2. The zero-order chi connectivity index (χ0) is 13.1. The molecule has 1 amide bonds. The van der Waals surface area contributed by atoms with E-state index < -0.39 is 6.10 Å². The molecule has 0 bridgehead atoms. The van der Waals surface area contributed by atoms with Crippen LogP contribution in [0.15, 0.2) is 18.2 Å². The van der Waals surface area contributed by atoms with Gasteiger partial charge in [0.2, 0.25) is 0 Å². The van der Waals surface area contributed by atoms with Gasteiger partial charge in [-0.15, -0.1) is 0 Å². The van der Waals surface area contributed by atoms with E-state index in [9.17, 15) is 4.79 Å². The third kappa shape index (κ3) is 2.80. The van der Waals surface area contributed by atoms with Gasteiger partial charge in [-0.3, -0.25) is 9.69 Å². The lowest BCUT2D eigenvalue weighted by atomic mass is 10.1. The number of carbonyl (C=O) groups is 1. The molecule has 18 heavy (non-hydrogen) atoms. The van der Waals surface area contributed by atoms with E-state index in [2.05, 4.69) is 5.32 Å². The monoisotopic (exact) mass is 250 g/mol. The van der Waals surface area contributed by atoms with Crippen molar-refractivity contribution in [2.24, 2.45) is 0 Å². The minimum atomic E-state index is -0.431. The number of amides is 1. The highest BCUT2D eigenvalue weighted by Gasteiger charge is 2.23. The Labute approximate surface area is 107 Å². The van der Waals surface area contributed by atoms with Crippen molar-refractivity contribution in [3.63, 3.8) is 0 Å². The fourth-order valence-electron chi connectivity index (χ4n) is 1.93. The largest absolute Gasteiger partial charge is 0.479 e. The van der Waals surface area contributed by atoms with Gasteiger partial charge in [0.25, 0.3) is 5.91 Å². The summed E-state index contributed by atoms with van der Waals surface area (Å²) in [4.78, 5) is 13.6. The standard InChI is InChI=1S/C13H18N2O3/c1-9-13(16)14-11-6-10(4-5-12(11)18-9)7-15(2)8-17-3/h4-6,9H,7-8H2,1-3H3,(H,14,16). The van der Waals surface area contributed by atoms with Gasteiger partial charge >= 0.3 is 0 Å². The smallest absolute Gasteiger partial charge is 0.265 e. The third-order valence-electron chi connectivity index (χ3n) is 2.78. The van der Waals surface area contributed by atoms with Crippen molar-refractivity contribution in [3.8, 4) is 5.75 Å². The first-order chi connectivity index (χ1) is 8.60. The highest BCUT2D eigenvalue weighted by Crippen LogP contribution is 2.30. The third-order valence-corrected chi connectivity index (χ3v) is 2.78. The van der Waals surface area contributed by atoms with Gasteiger partial charge in [-0.2, -0.15) is 0 Å². The van der Waals surface area contributed by atoms with E-state index in [-0.39, 0.29) is 5.91 Å². The summed E-state index contributed by atoms with van der Waals surface area (Å²) in [6.07, 6.45) is -0.431. The molecular formula is C13H18N2O3. The lowest BCUT2D eigenvalue weighted by molar-refractivity contribution is -0.122. The van der Waals surface area contributed by atoms with Gasteiger partial charge in [-0.1, -0.05) is 6.07 Å². The van der Waals surface area contributed by atoms with Crippen molar-refractivity contribution in [1.29, 1.82) is 0 Å². The van der Waals surface area contributed by atoms with Crippen molar-refractivity contribution in [1.82, 2.24) is 4.90 Å². The van der Waals surface area contributed by atoms with Crippen LogP contribution in [-0.2, 0) is 16.1 Å². The molecule has 5 nitrogen and oxygen atoms in total. The maximum absolute atomic E-state index is 11.5. The fraction of sp³-hybridized carbons (Fsp3) is 0.462. The van der Waals surface area contributed by atoms with Gasteiger partial charge in [0.1, 0.15) is 5.75 Å². The van der Waals surface area contributed by atoms with Crippen LogP contribution in [0.3, 0.4) is 0 Å².